The molecule has 0 spiro atoms. The van der Waals surface area contributed by atoms with Crippen LogP contribution in [0.2, 0.25) is 0 Å². The standard InChI is InChI=1S/C36H26N2O2/c39-36(40)35-34(29-12-5-2-6-13-29)31-23-30(19-20-32(31)37-35)38(22-21-28-11-7-8-14-33(28)38)24-25-15-17-27(18-16-25)26-9-3-1-4-10-26/h1-23,37H,24H2/p+1. The Morgan fingerprint density at radius 2 is 1.35 bits per heavy atom. The molecular formula is C36H27N2O2+. The Hall–Kier alpha value is -5.19. The summed E-state index contributed by atoms with van der Waals surface area (Å²) in [5, 5.41) is 10.9. The van der Waals surface area contributed by atoms with Crippen LogP contribution in [0.4, 0.5) is 11.4 Å². The van der Waals surface area contributed by atoms with Crippen molar-refractivity contribution in [3.05, 3.63) is 150 Å². The molecule has 1 aliphatic heterocycles. The molecule has 0 aliphatic carbocycles. The van der Waals surface area contributed by atoms with Gasteiger partial charge in [0.25, 0.3) is 0 Å². The van der Waals surface area contributed by atoms with Gasteiger partial charge in [-0.2, -0.15) is 0 Å². The van der Waals surface area contributed by atoms with Crippen LogP contribution in [-0.4, -0.2) is 16.1 Å². The van der Waals surface area contributed by atoms with Gasteiger partial charge in [-0.25, -0.2) is 9.28 Å². The molecule has 2 N–H and O–H groups in total. The van der Waals surface area contributed by atoms with Crippen LogP contribution >= 0.6 is 0 Å². The first-order valence-corrected chi connectivity index (χ1v) is 13.4. The summed E-state index contributed by atoms with van der Waals surface area (Å²) in [4.78, 5) is 15.4. The first-order chi connectivity index (χ1) is 19.6. The highest BCUT2D eigenvalue weighted by atomic mass is 16.4. The fraction of sp³-hybridized carbons (Fsp3) is 0.0278. The minimum atomic E-state index is -0.967. The second-order valence-corrected chi connectivity index (χ2v) is 10.2. The van der Waals surface area contributed by atoms with Crippen molar-refractivity contribution in [1.29, 1.82) is 0 Å². The molecule has 1 aromatic heterocycles. The number of carboxylic acids is 1. The number of hydrogen-bond acceptors (Lipinski definition) is 1. The second-order valence-electron chi connectivity index (χ2n) is 10.2. The van der Waals surface area contributed by atoms with Gasteiger partial charge in [-0.15, -0.1) is 0 Å². The summed E-state index contributed by atoms with van der Waals surface area (Å²) in [6.45, 7) is 0.727. The van der Waals surface area contributed by atoms with E-state index in [1.807, 2.05) is 42.5 Å². The number of para-hydroxylation sites is 1. The van der Waals surface area contributed by atoms with Crippen molar-refractivity contribution < 1.29 is 9.90 Å². The fourth-order valence-electron chi connectivity index (χ4n) is 5.95. The molecule has 192 valence electrons. The molecule has 1 aliphatic rings. The number of aromatic carboxylic acids is 1. The van der Waals surface area contributed by atoms with Crippen molar-refractivity contribution in [2.45, 2.75) is 6.54 Å². The molecule has 0 fully saturated rings. The number of carbonyl (C=O) groups is 1. The van der Waals surface area contributed by atoms with Gasteiger partial charge in [0.1, 0.15) is 29.8 Å². The van der Waals surface area contributed by atoms with E-state index in [0.717, 1.165) is 28.7 Å². The minimum Gasteiger partial charge on any atom is -0.477 e. The van der Waals surface area contributed by atoms with Crippen LogP contribution in [-0.2, 0) is 6.54 Å². The van der Waals surface area contributed by atoms with Gasteiger partial charge in [-0.05, 0) is 28.8 Å². The van der Waals surface area contributed by atoms with Gasteiger partial charge >= 0.3 is 5.97 Å². The van der Waals surface area contributed by atoms with E-state index >= 15 is 0 Å². The monoisotopic (exact) mass is 519 g/mol. The molecule has 1 unspecified atom stereocenters. The van der Waals surface area contributed by atoms with Gasteiger partial charge in [0.15, 0.2) is 0 Å². The first-order valence-electron chi connectivity index (χ1n) is 13.4. The number of fused-ring (bicyclic) bond motifs is 2. The average Bonchev–Trinajstić information content (AvgIpc) is 3.58. The van der Waals surface area contributed by atoms with Crippen LogP contribution in [0.25, 0.3) is 39.2 Å². The van der Waals surface area contributed by atoms with E-state index in [1.165, 1.54) is 27.9 Å². The lowest BCUT2D eigenvalue weighted by atomic mass is 10.00. The van der Waals surface area contributed by atoms with Crippen LogP contribution < -0.4 is 4.48 Å². The topological polar surface area (TPSA) is 53.1 Å². The summed E-state index contributed by atoms with van der Waals surface area (Å²) < 4.78 is 0.513. The maximum absolute atomic E-state index is 12.3. The van der Waals surface area contributed by atoms with E-state index in [2.05, 4.69) is 102 Å². The van der Waals surface area contributed by atoms with Crippen LogP contribution in [0.5, 0.6) is 0 Å². The Morgan fingerprint density at radius 3 is 2.08 bits per heavy atom. The average molecular weight is 520 g/mol. The Balaban J connectivity index is 1.38. The molecule has 1 atom stereocenters. The second kappa shape index (κ2) is 9.53. The molecular weight excluding hydrogens is 492 g/mol. The van der Waals surface area contributed by atoms with Crippen LogP contribution in [0.15, 0.2) is 134 Å². The van der Waals surface area contributed by atoms with E-state index in [-0.39, 0.29) is 5.69 Å². The Bertz CT molecular complexity index is 1890. The number of carboxylic acid groups (broad SMARTS) is 1. The zero-order valence-corrected chi connectivity index (χ0v) is 21.8. The molecule has 4 nitrogen and oxygen atoms in total. The van der Waals surface area contributed by atoms with E-state index in [4.69, 9.17) is 0 Å². The molecule has 0 radical (unpaired) electrons. The number of quaternary nitrogens is 1. The summed E-state index contributed by atoms with van der Waals surface area (Å²) in [6, 6.07) is 43.8. The number of aromatic nitrogens is 1. The summed E-state index contributed by atoms with van der Waals surface area (Å²) in [7, 11) is 0. The molecule has 4 heteroatoms. The quantitative estimate of drug-likeness (QED) is 0.216. The number of nitrogens with zero attached hydrogens (tertiary/aromatic N) is 1. The highest BCUT2D eigenvalue weighted by Crippen LogP contribution is 2.46. The molecule has 0 bridgehead atoms. The molecule has 5 aromatic carbocycles. The molecule has 0 saturated carbocycles. The Kier molecular flexibility index (Phi) is 5.69. The number of nitrogens with one attached hydrogen (secondary N) is 1. The van der Waals surface area contributed by atoms with Crippen molar-refractivity contribution in [1.82, 2.24) is 9.47 Å². The van der Waals surface area contributed by atoms with E-state index in [1.54, 1.807) is 0 Å². The fourth-order valence-corrected chi connectivity index (χ4v) is 5.95. The Labute approximate surface area is 232 Å². The van der Waals surface area contributed by atoms with Crippen molar-refractivity contribution in [3.8, 4) is 22.3 Å². The third kappa shape index (κ3) is 3.94. The molecule has 0 amide bonds. The van der Waals surface area contributed by atoms with Crippen molar-refractivity contribution in [2.75, 3.05) is 0 Å². The zero-order valence-electron chi connectivity index (χ0n) is 21.8. The van der Waals surface area contributed by atoms with Crippen LogP contribution in [0.3, 0.4) is 0 Å². The smallest absolute Gasteiger partial charge is 0.352 e. The summed E-state index contributed by atoms with van der Waals surface area (Å²) in [6.07, 6.45) is 4.44. The minimum absolute atomic E-state index is 0.207. The normalized spacial score (nSPS) is 15.8. The van der Waals surface area contributed by atoms with E-state index < -0.39 is 5.97 Å². The molecule has 2 heterocycles. The molecule has 40 heavy (non-hydrogen) atoms. The van der Waals surface area contributed by atoms with Gasteiger partial charge < -0.3 is 10.1 Å². The maximum Gasteiger partial charge on any atom is 0.352 e. The van der Waals surface area contributed by atoms with Crippen LogP contribution in [0, 0.1) is 0 Å². The van der Waals surface area contributed by atoms with Gasteiger partial charge in [0, 0.05) is 51.9 Å². The van der Waals surface area contributed by atoms with Crippen molar-refractivity contribution in [3.63, 3.8) is 0 Å². The summed E-state index contributed by atoms with van der Waals surface area (Å²) in [5.74, 6) is -0.967. The van der Waals surface area contributed by atoms with E-state index in [9.17, 15) is 9.90 Å². The molecule has 6 aromatic rings. The third-order valence-electron chi connectivity index (χ3n) is 7.89. The number of aromatic amines is 1. The van der Waals surface area contributed by atoms with Gasteiger partial charge in [-0.1, -0.05) is 97.1 Å². The SMILES string of the molecule is O=C(O)c1[nH]c2ccc([N+]3(Cc4ccc(-c5ccccc5)cc4)C=Cc4ccccc43)cc2c1-c1ccccc1. The lowest BCUT2D eigenvalue weighted by Crippen LogP contribution is -2.36. The van der Waals surface area contributed by atoms with E-state index in [0.29, 0.717) is 10.0 Å². The summed E-state index contributed by atoms with van der Waals surface area (Å²) >= 11 is 0. The number of benzene rings is 5. The molecule has 7 rings (SSSR count). The highest BCUT2D eigenvalue weighted by Gasteiger charge is 2.38. The molecule has 0 saturated heterocycles. The lowest BCUT2D eigenvalue weighted by molar-refractivity contribution is 0.0692. The largest absolute Gasteiger partial charge is 0.477 e. The van der Waals surface area contributed by atoms with Gasteiger partial charge in [0.2, 0.25) is 0 Å². The van der Waals surface area contributed by atoms with Gasteiger partial charge in [-0.3, -0.25) is 0 Å². The van der Waals surface area contributed by atoms with Crippen molar-refractivity contribution >= 4 is 34.3 Å². The number of hydrogen-bond donors (Lipinski definition) is 2. The maximum atomic E-state index is 12.3. The van der Waals surface area contributed by atoms with Crippen LogP contribution in [0.1, 0.15) is 21.6 Å². The highest BCUT2D eigenvalue weighted by molar-refractivity contribution is 6.08. The Morgan fingerprint density at radius 1 is 0.700 bits per heavy atom. The number of H-pyrrole nitrogens is 1. The third-order valence-corrected chi connectivity index (χ3v) is 7.89. The predicted molar refractivity (Wildman–Crippen MR) is 163 cm³/mol. The summed E-state index contributed by atoms with van der Waals surface area (Å²) in [5.41, 5.74) is 9.67. The zero-order chi connectivity index (χ0) is 27.1. The van der Waals surface area contributed by atoms with Crippen molar-refractivity contribution in [2.24, 2.45) is 0 Å². The number of rotatable bonds is 6. The first kappa shape index (κ1) is 23.9. The predicted octanol–water partition coefficient (Wildman–Crippen LogP) is 9.02. The lowest BCUT2D eigenvalue weighted by Gasteiger charge is -2.32. The van der Waals surface area contributed by atoms with Gasteiger partial charge in [0.05, 0.1) is 0 Å².